The second-order valence-corrected chi connectivity index (χ2v) is 3.98. The quantitative estimate of drug-likeness (QED) is 0.699. The minimum absolute atomic E-state index is 0.269. The van der Waals surface area contributed by atoms with E-state index in [1.165, 1.54) is 0 Å². The van der Waals surface area contributed by atoms with Crippen LogP contribution in [0.4, 0.5) is 23.7 Å². The van der Waals surface area contributed by atoms with Crippen LogP contribution < -0.4 is 10.2 Å². The van der Waals surface area contributed by atoms with Crippen molar-refractivity contribution in [2.45, 2.75) is 25.7 Å². The zero-order valence-electron chi connectivity index (χ0n) is 9.08. The Morgan fingerprint density at radius 1 is 1.41 bits per heavy atom. The number of hydrogen-bond acceptors (Lipinski definition) is 1. The van der Waals surface area contributed by atoms with Crippen molar-refractivity contribution in [1.29, 1.82) is 0 Å². The summed E-state index contributed by atoms with van der Waals surface area (Å²) in [6.07, 6.45) is -4.13. The van der Waals surface area contributed by atoms with E-state index in [-0.39, 0.29) is 6.04 Å². The van der Waals surface area contributed by atoms with E-state index < -0.39 is 12.3 Å². The Labute approximate surface area is 96.2 Å². The lowest BCUT2D eigenvalue weighted by Gasteiger charge is -2.23. The largest absolute Gasteiger partial charge is 0.485 e. The van der Waals surface area contributed by atoms with Crippen LogP contribution in [0.15, 0.2) is 24.3 Å². The molecule has 0 radical (unpaired) electrons. The summed E-state index contributed by atoms with van der Waals surface area (Å²) in [7, 11) is 0. The first-order valence-electron chi connectivity index (χ1n) is 5.14. The highest BCUT2D eigenvalue weighted by Gasteiger charge is 2.37. The first kappa shape index (κ1) is 11.8. The van der Waals surface area contributed by atoms with Gasteiger partial charge in [-0.3, -0.25) is 4.90 Å². The third-order valence-electron chi connectivity index (χ3n) is 2.67. The molecular formula is C11H11F3N2O. The van der Waals surface area contributed by atoms with Crippen LogP contribution in [0, 0.1) is 0 Å². The molecule has 0 fully saturated rings. The number of amides is 2. The smallest absolute Gasteiger partial charge is 0.291 e. The van der Waals surface area contributed by atoms with Gasteiger partial charge in [0.2, 0.25) is 0 Å². The van der Waals surface area contributed by atoms with E-state index in [2.05, 4.69) is 0 Å². The maximum Gasteiger partial charge on any atom is 0.485 e. The van der Waals surface area contributed by atoms with Crippen LogP contribution in [-0.4, -0.2) is 18.4 Å². The van der Waals surface area contributed by atoms with Gasteiger partial charge in [-0.25, -0.2) is 10.1 Å². The van der Waals surface area contributed by atoms with Crippen LogP contribution in [0.1, 0.15) is 12.5 Å². The molecule has 1 atom stereocenters. The van der Waals surface area contributed by atoms with E-state index >= 15 is 0 Å². The van der Waals surface area contributed by atoms with E-state index in [1.54, 1.807) is 25.1 Å². The SMILES string of the molecule is CC1Cc2ccccc2N1C(=O)NC(F)(F)F. The number of carbonyl (C=O) groups is 1. The summed E-state index contributed by atoms with van der Waals surface area (Å²) in [6.45, 7) is 1.72. The lowest BCUT2D eigenvalue weighted by atomic mass is 10.1. The minimum atomic E-state index is -4.70. The van der Waals surface area contributed by atoms with E-state index in [4.69, 9.17) is 0 Å². The number of rotatable bonds is 0. The number of nitrogens with zero attached hydrogens (tertiary/aromatic N) is 1. The molecule has 2 amide bonds. The number of halogens is 3. The lowest BCUT2D eigenvalue weighted by Crippen LogP contribution is -2.48. The summed E-state index contributed by atoms with van der Waals surface area (Å²) in [5, 5.41) is 1.02. The molecule has 1 aromatic carbocycles. The molecule has 1 heterocycles. The Balaban J connectivity index is 2.25. The number of hydrogen-bond donors (Lipinski definition) is 1. The van der Waals surface area contributed by atoms with Gasteiger partial charge >= 0.3 is 12.3 Å². The molecule has 2 rings (SSSR count). The predicted octanol–water partition coefficient (Wildman–Crippen LogP) is 2.67. The standard InChI is InChI=1S/C11H11F3N2O/c1-7-6-8-4-2-3-5-9(8)16(7)10(17)15-11(12,13)14/h2-5,7H,6H2,1H3,(H,15,17). The molecule has 1 unspecified atom stereocenters. The zero-order chi connectivity index (χ0) is 12.6. The minimum Gasteiger partial charge on any atom is -0.291 e. The van der Waals surface area contributed by atoms with Gasteiger partial charge in [-0.1, -0.05) is 18.2 Å². The van der Waals surface area contributed by atoms with Crippen molar-refractivity contribution in [3.05, 3.63) is 29.8 Å². The average Bonchev–Trinajstić information content (AvgIpc) is 2.50. The predicted molar refractivity (Wildman–Crippen MR) is 56.7 cm³/mol. The molecule has 1 aliphatic rings. The Hall–Kier alpha value is -1.72. The van der Waals surface area contributed by atoms with Gasteiger partial charge in [0.15, 0.2) is 0 Å². The highest BCUT2D eigenvalue weighted by Crippen LogP contribution is 2.32. The van der Waals surface area contributed by atoms with E-state index in [0.717, 1.165) is 15.8 Å². The molecule has 17 heavy (non-hydrogen) atoms. The molecule has 0 saturated carbocycles. The van der Waals surface area contributed by atoms with Gasteiger partial charge in [0.05, 0.1) is 0 Å². The number of benzene rings is 1. The molecule has 0 spiro atoms. The van der Waals surface area contributed by atoms with Crippen LogP contribution in [0.5, 0.6) is 0 Å². The number of para-hydroxylation sites is 1. The number of alkyl halides is 3. The van der Waals surface area contributed by atoms with Crippen molar-refractivity contribution in [3.8, 4) is 0 Å². The monoisotopic (exact) mass is 244 g/mol. The highest BCUT2D eigenvalue weighted by molar-refractivity contribution is 5.95. The zero-order valence-corrected chi connectivity index (χ0v) is 9.08. The van der Waals surface area contributed by atoms with Crippen molar-refractivity contribution in [3.63, 3.8) is 0 Å². The number of urea groups is 1. The van der Waals surface area contributed by atoms with Crippen LogP contribution in [0.3, 0.4) is 0 Å². The van der Waals surface area contributed by atoms with Crippen molar-refractivity contribution in [2.24, 2.45) is 0 Å². The third kappa shape index (κ3) is 2.35. The van der Waals surface area contributed by atoms with E-state index in [0.29, 0.717) is 12.1 Å². The number of carbonyl (C=O) groups excluding carboxylic acids is 1. The van der Waals surface area contributed by atoms with Crippen LogP contribution >= 0.6 is 0 Å². The van der Waals surface area contributed by atoms with E-state index in [9.17, 15) is 18.0 Å². The highest BCUT2D eigenvalue weighted by atomic mass is 19.4. The van der Waals surface area contributed by atoms with Crippen molar-refractivity contribution < 1.29 is 18.0 Å². The fourth-order valence-corrected chi connectivity index (χ4v) is 2.06. The summed E-state index contributed by atoms with van der Waals surface area (Å²) < 4.78 is 36.3. The molecule has 0 saturated heterocycles. The molecular weight excluding hydrogens is 233 g/mol. The summed E-state index contributed by atoms with van der Waals surface area (Å²) in [5.74, 6) is 0. The average molecular weight is 244 g/mol. The van der Waals surface area contributed by atoms with Crippen LogP contribution in [-0.2, 0) is 6.42 Å². The Bertz CT molecular complexity index is 445. The van der Waals surface area contributed by atoms with Gasteiger partial charge in [-0.05, 0) is 25.0 Å². The van der Waals surface area contributed by atoms with Crippen LogP contribution in [0.25, 0.3) is 0 Å². The Morgan fingerprint density at radius 3 is 2.71 bits per heavy atom. The van der Waals surface area contributed by atoms with Gasteiger partial charge in [0.1, 0.15) is 0 Å². The lowest BCUT2D eigenvalue weighted by molar-refractivity contribution is -0.145. The molecule has 3 nitrogen and oxygen atoms in total. The summed E-state index contributed by atoms with van der Waals surface area (Å²) in [6, 6.07) is 5.56. The summed E-state index contributed by atoms with van der Waals surface area (Å²) >= 11 is 0. The maximum absolute atomic E-state index is 12.1. The van der Waals surface area contributed by atoms with Gasteiger partial charge in [0, 0.05) is 11.7 Å². The molecule has 6 heteroatoms. The van der Waals surface area contributed by atoms with Crippen molar-refractivity contribution >= 4 is 11.7 Å². The van der Waals surface area contributed by atoms with Gasteiger partial charge in [0.25, 0.3) is 0 Å². The second kappa shape index (κ2) is 3.94. The molecule has 1 aliphatic heterocycles. The Morgan fingerprint density at radius 2 is 2.06 bits per heavy atom. The normalized spacial score (nSPS) is 19.1. The Kier molecular flexibility index (Phi) is 2.73. The van der Waals surface area contributed by atoms with E-state index in [1.807, 2.05) is 6.07 Å². The van der Waals surface area contributed by atoms with Crippen molar-refractivity contribution in [1.82, 2.24) is 5.32 Å². The fraction of sp³-hybridized carbons (Fsp3) is 0.364. The van der Waals surface area contributed by atoms with Gasteiger partial charge in [-0.2, -0.15) is 13.2 Å². The number of fused-ring (bicyclic) bond motifs is 1. The van der Waals surface area contributed by atoms with Crippen molar-refractivity contribution in [2.75, 3.05) is 4.90 Å². The second-order valence-electron chi connectivity index (χ2n) is 3.98. The topological polar surface area (TPSA) is 32.3 Å². The summed E-state index contributed by atoms with van der Waals surface area (Å²) in [4.78, 5) is 12.7. The number of nitrogens with one attached hydrogen (secondary N) is 1. The maximum atomic E-state index is 12.1. The third-order valence-corrected chi connectivity index (χ3v) is 2.67. The molecule has 0 aliphatic carbocycles. The van der Waals surface area contributed by atoms with Crippen LogP contribution in [0.2, 0.25) is 0 Å². The van der Waals surface area contributed by atoms with Gasteiger partial charge in [-0.15, -0.1) is 0 Å². The van der Waals surface area contributed by atoms with Gasteiger partial charge < -0.3 is 0 Å². The summed E-state index contributed by atoms with van der Waals surface area (Å²) in [5.41, 5.74) is 1.43. The molecule has 0 aromatic heterocycles. The molecule has 1 aromatic rings. The fourth-order valence-electron chi connectivity index (χ4n) is 2.06. The number of anilines is 1. The molecule has 1 N–H and O–H groups in total. The molecule has 0 bridgehead atoms. The first-order valence-corrected chi connectivity index (χ1v) is 5.14. The first-order chi connectivity index (χ1) is 7.88. The molecule has 92 valence electrons.